The Labute approximate surface area is 138 Å². The average molecular weight is 322 g/mol. The zero-order valence-electron chi connectivity index (χ0n) is 12.9. The second-order valence-electron chi connectivity index (χ2n) is 5.30. The van der Waals surface area contributed by atoms with Gasteiger partial charge >= 0.3 is 5.97 Å². The summed E-state index contributed by atoms with van der Waals surface area (Å²) < 4.78 is 6.50. The number of nitrogens with zero attached hydrogens (tertiary/aromatic N) is 2. The zero-order valence-corrected chi connectivity index (χ0v) is 12.9. The predicted octanol–water partition coefficient (Wildman–Crippen LogP) is 2.10. The van der Waals surface area contributed by atoms with E-state index in [1.54, 1.807) is 17.1 Å². The Bertz CT molecular complexity index is 862. The third kappa shape index (κ3) is 3.22. The highest BCUT2D eigenvalue weighted by Gasteiger charge is 2.36. The van der Waals surface area contributed by atoms with Gasteiger partial charge in [0.15, 0.2) is 17.5 Å². The summed E-state index contributed by atoms with van der Waals surface area (Å²) in [7, 11) is 0. The second-order valence-corrected chi connectivity index (χ2v) is 5.30. The number of rotatable bonds is 4. The standard InChI is InChI=1S/C18H14N2O4/c1-12-9-16(22)17(18(23)24-12)15(21)8-7-13-10-19-20(11-13)14-5-3-2-4-6-14/h2-11,17H,1H3. The number of aromatic nitrogens is 2. The Morgan fingerprint density at radius 3 is 2.71 bits per heavy atom. The normalized spacial score (nSPS) is 17.7. The number of esters is 1. The van der Waals surface area contributed by atoms with Gasteiger partial charge in [-0.3, -0.25) is 14.4 Å². The lowest BCUT2D eigenvalue weighted by molar-refractivity contribution is -0.151. The van der Waals surface area contributed by atoms with E-state index >= 15 is 0 Å². The molecule has 0 radical (unpaired) electrons. The van der Waals surface area contributed by atoms with Crippen LogP contribution >= 0.6 is 0 Å². The van der Waals surface area contributed by atoms with Gasteiger partial charge in [-0.2, -0.15) is 5.10 Å². The van der Waals surface area contributed by atoms with Crippen LogP contribution in [0.15, 0.2) is 60.6 Å². The maximum absolute atomic E-state index is 12.1. The van der Waals surface area contributed by atoms with Crippen molar-refractivity contribution in [3.63, 3.8) is 0 Å². The number of cyclic esters (lactones) is 1. The lowest BCUT2D eigenvalue weighted by Gasteiger charge is -2.15. The van der Waals surface area contributed by atoms with Crippen molar-refractivity contribution in [3.05, 3.63) is 66.2 Å². The third-order valence-corrected chi connectivity index (χ3v) is 3.48. The van der Waals surface area contributed by atoms with Crippen LogP contribution in [0, 0.1) is 5.92 Å². The molecule has 6 nitrogen and oxygen atoms in total. The summed E-state index contributed by atoms with van der Waals surface area (Å²) in [6.45, 7) is 1.49. The molecule has 1 aliphatic rings. The van der Waals surface area contributed by atoms with Crippen molar-refractivity contribution in [2.45, 2.75) is 6.92 Å². The van der Waals surface area contributed by atoms with Crippen molar-refractivity contribution in [1.82, 2.24) is 9.78 Å². The third-order valence-electron chi connectivity index (χ3n) is 3.48. The van der Waals surface area contributed by atoms with Gasteiger partial charge < -0.3 is 4.74 Å². The Morgan fingerprint density at radius 2 is 2.00 bits per heavy atom. The Balaban J connectivity index is 1.75. The summed E-state index contributed by atoms with van der Waals surface area (Å²) in [5.74, 6) is -3.23. The molecule has 0 fully saturated rings. The summed E-state index contributed by atoms with van der Waals surface area (Å²) in [5, 5.41) is 4.20. The van der Waals surface area contributed by atoms with E-state index in [4.69, 9.17) is 4.74 Å². The largest absolute Gasteiger partial charge is 0.430 e. The van der Waals surface area contributed by atoms with E-state index in [2.05, 4.69) is 5.10 Å². The SMILES string of the molecule is CC1=CC(=O)C(C(=O)C=Cc2cnn(-c3ccccc3)c2)C(=O)O1. The average Bonchev–Trinajstić information content (AvgIpc) is 3.02. The molecule has 0 spiro atoms. The molecule has 1 aliphatic heterocycles. The van der Waals surface area contributed by atoms with E-state index in [0.717, 1.165) is 11.8 Å². The lowest BCUT2D eigenvalue weighted by atomic mass is 9.96. The molecule has 3 rings (SSSR count). The highest BCUT2D eigenvalue weighted by atomic mass is 16.5. The fraction of sp³-hybridized carbons (Fsp3) is 0.111. The summed E-state index contributed by atoms with van der Waals surface area (Å²) in [4.78, 5) is 35.6. The first-order chi connectivity index (χ1) is 11.5. The summed E-state index contributed by atoms with van der Waals surface area (Å²) >= 11 is 0. The van der Waals surface area contributed by atoms with Crippen LogP contribution in [-0.2, 0) is 19.1 Å². The summed E-state index contributed by atoms with van der Waals surface area (Å²) in [6, 6.07) is 9.49. The van der Waals surface area contributed by atoms with E-state index < -0.39 is 23.5 Å². The Hall–Kier alpha value is -3.28. The van der Waals surface area contributed by atoms with Crippen molar-refractivity contribution in [1.29, 1.82) is 0 Å². The molecule has 1 atom stereocenters. The van der Waals surface area contributed by atoms with Gasteiger partial charge in [0, 0.05) is 17.8 Å². The molecule has 2 heterocycles. The van der Waals surface area contributed by atoms with Gasteiger partial charge in [0.25, 0.3) is 0 Å². The van der Waals surface area contributed by atoms with Crippen LogP contribution < -0.4 is 0 Å². The quantitative estimate of drug-likeness (QED) is 0.489. The molecule has 6 heteroatoms. The smallest absolute Gasteiger partial charge is 0.329 e. The minimum Gasteiger partial charge on any atom is -0.430 e. The molecular weight excluding hydrogens is 308 g/mol. The fourth-order valence-electron chi connectivity index (χ4n) is 2.32. The summed E-state index contributed by atoms with van der Waals surface area (Å²) in [6.07, 6.45) is 7.20. The molecule has 2 aromatic rings. The van der Waals surface area contributed by atoms with Gasteiger partial charge in [-0.05, 0) is 31.2 Å². The van der Waals surface area contributed by atoms with E-state index in [1.165, 1.54) is 19.1 Å². The van der Waals surface area contributed by atoms with E-state index in [-0.39, 0.29) is 5.76 Å². The minimum absolute atomic E-state index is 0.196. The van der Waals surface area contributed by atoms with E-state index in [9.17, 15) is 14.4 Å². The molecule has 0 aliphatic carbocycles. The van der Waals surface area contributed by atoms with Gasteiger partial charge in [-0.1, -0.05) is 18.2 Å². The van der Waals surface area contributed by atoms with Crippen LogP contribution in [0.1, 0.15) is 12.5 Å². The lowest BCUT2D eigenvalue weighted by Crippen LogP contribution is -2.34. The molecule has 0 amide bonds. The topological polar surface area (TPSA) is 78.3 Å². The van der Waals surface area contributed by atoms with Crippen LogP contribution in [-0.4, -0.2) is 27.3 Å². The number of ketones is 2. The van der Waals surface area contributed by atoms with Crippen LogP contribution in [0.5, 0.6) is 0 Å². The number of ether oxygens (including phenoxy) is 1. The molecule has 0 saturated carbocycles. The Morgan fingerprint density at radius 1 is 1.25 bits per heavy atom. The molecule has 0 saturated heterocycles. The molecule has 0 bridgehead atoms. The molecule has 1 aromatic carbocycles. The summed E-state index contributed by atoms with van der Waals surface area (Å²) in [5.41, 5.74) is 1.56. The molecule has 1 unspecified atom stereocenters. The maximum atomic E-state index is 12.1. The molecular formula is C18H14N2O4. The van der Waals surface area contributed by atoms with Crippen LogP contribution in [0.25, 0.3) is 11.8 Å². The molecule has 24 heavy (non-hydrogen) atoms. The monoisotopic (exact) mass is 322 g/mol. The van der Waals surface area contributed by atoms with Crippen molar-refractivity contribution >= 4 is 23.6 Å². The van der Waals surface area contributed by atoms with Crippen molar-refractivity contribution in [3.8, 4) is 5.69 Å². The van der Waals surface area contributed by atoms with Crippen LogP contribution in [0.3, 0.4) is 0 Å². The minimum atomic E-state index is -1.42. The van der Waals surface area contributed by atoms with Crippen molar-refractivity contribution in [2.24, 2.45) is 5.92 Å². The van der Waals surface area contributed by atoms with Crippen LogP contribution in [0.2, 0.25) is 0 Å². The highest BCUT2D eigenvalue weighted by molar-refractivity contribution is 6.25. The van der Waals surface area contributed by atoms with Gasteiger partial charge in [0.05, 0.1) is 11.9 Å². The number of allylic oxidation sites excluding steroid dienone is 3. The van der Waals surface area contributed by atoms with E-state index in [1.807, 2.05) is 30.3 Å². The van der Waals surface area contributed by atoms with Gasteiger partial charge in [0.1, 0.15) is 5.76 Å². The number of hydrogen-bond acceptors (Lipinski definition) is 5. The molecule has 0 N–H and O–H groups in total. The maximum Gasteiger partial charge on any atom is 0.329 e. The number of hydrogen-bond donors (Lipinski definition) is 0. The predicted molar refractivity (Wildman–Crippen MR) is 86.0 cm³/mol. The Kier molecular flexibility index (Phi) is 4.20. The second kappa shape index (κ2) is 6.45. The van der Waals surface area contributed by atoms with Gasteiger partial charge in [0.2, 0.25) is 0 Å². The number of para-hydroxylation sites is 1. The highest BCUT2D eigenvalue weighted by Crippen LogP contribution is 2.17. The fourth-order valence-corrected chi connectivity index (χ4v) is 2.32. The number of carbonyl (C=O) groups is 3. The first-order valence-corrected chi connectivity index (χ1v) is 7.30. The first-order valence-electron chi connectivity index (χ1n) is 7.30. The van der Waals surface area contributed by atoms with Crippen molar-refractivity contribution < 1.29 is 19.1 Å². The number of benzene rings is 1. The van der Waals surface area contributed by atoms with Crippen LogP contribution in [0.4, 0.5) is 0 Å². The van der Waals surface area contributed by atoms with E-state index in [0.29, 0.717) is 5.56 Å². The number of carbonyl (C=O) groups excluding carboxylic acids is 3. The van der Waals surface area contributed by atoms with Crippen molar-refractivity contribution in [2.75, 3.05) is 0 Å². The zero-order chi connectivity index (χ0) is 17.1. The van der Waals surface area contributed by atoms with Gasteiger partial charge in [-0.25, -0.2) is 4.68 Å². The molecule has 120 valence electrons. The molecule has 1 aromatic heterocycles. The first kappa shape index (κ1) is 15.6. The van der Waals surface area contributed by atoms with Gasteiger partial charge in [-0.15, -0.1) is 0 Å².